The van der Waals surface area contributed by atoms with E-state index in [-0.39, 0.29) is 30.4 Å². The van der Waals surface area contributed by atoms with Crippen LogP contribution in [0.5, 0.6) is 0 Å². The first kappa shape index (κ1) is 18.4. The van der Waals surface area contributed by atoms with Crippen molar-refractivity contribution in [1.82, 2.24) is 15.1 Å². The summed E-state index contributed by atoms with van der Waals surface area (Å²) in [5.74, 6) is -0.715. The molecule has 2 saturated heterocycles. The molecule has 0 spiro atoms. The third-order valence-electron chi connectivity index (χ3n) is 5.47. The lowest BCUT2D eigenvalue weighted by Gasteiger charge is -2.23. The van der Waals surface area contributed by atoms with Crippen LogP contribution in [-0.2, 0) is 4.79 Å². The summed E-state index contributed by atoms with van der Waals surface area (Å²) in [4.78, 5) is 28.7. The van der Waals surface area contributed by atoms with E-state index in [1.165, 1.54) is 24.5 Å². The summed E-state index contributed by atoms with van der Waals surface area (Å²) in [5, 5.41) is 12.7. The predicted octanol–water partition coefficient (Wildman–Crippen LogP) is 1.89. The van der Waals surface area contributed by atoms with Gasteiger partial charge in [-0.3, -0.25) is 14.5 Å². The van der Waals surface area contributed by atoms with Gasteiger partial charge in [-0.2, -0.15) is 5.26 Å². The Kier molecular flexibility index (Phi) is 5.01. The van der Waals surface area contributed by atoms with Crippen molar-refractivity contribution in [3.8, 4) is 6.07 Å². The van der Waals surface area contributed by atoms with Gasteiger partial charge in [0, 0.05) is 37.1 Å². The lowest BCUT2D eigenvalue weighted by Crippen LogP contribution is -2.43. The summed E-state index contributed by atoms with van der Waals surface area (Å²) in [7, 11) is 0. The fourth-order valence-electron chi connectivity index (χ4n) is 4.02. The Morgan fingerprint density at radius 1 is 1.32 bits per heavy atom. The fourth-order valence-corrected chi connectivity index (χ4v) is 4.02. The van der Waals surface area contributed by atoms with E-state index in [9.17, 15) is 14.0 Å². The topological polar surface area (TPSA) is 89.6 Å². The first-order valence-electron chi connectivity index (χ1n) is 9.44. The van der Waals surface area contributed by atoms with Crippen molar-refractivity contribution in [2.24, 2.45) is 0 Å². The maximum absolute atomic E-state index is 13.3. The molecule has 2 aromatic rings. The van der Waals surface area contributed by atoms with Crippen molar-refractivity contribution in [3.63, 3.8) is 0 Å². The zero-order chi connectivity index (χ0) is 19.7. The Hall–Kier alpha value is -2.92. The number of carbonyl (C=O) groups excluding carboxylic acids is 2. The molecule has 2 amide bonds. The summed E-state index contributed by atoms with van der Waals surface area (Å²) in [6.45, 7) is 2.18. The average molecular weight is 384 g/mol. The van der Waals surface area contributed by atoms with Crippen LogP contribution in [0.1, 0.15) is 29.6 Å². The van der Waals surface area contributed by atoms with Gasteiger partial charge < -0.3 is 14.6 Å². The lowest BCUT2D eigenvalue weighted by atomic mass is 10.1. The van der Waals surface area contributed by atoms with Crippen LogP contribution in [0, 0.1) is 17.1 Å². The zero-order valence-electron chi connectivity index (χ0n) is 15.4. The third kappa shape index (κ3) is 3.58. The lowest BCUT2D eigenvalue weighted by molar-refractivity contribution is -0.132. The van der Waals surface area contributed by atoms with E-state index in [0.717, 1.165) is 19.3 Å². The second-order valence-electron chi connectivity index (χ2n) is 7.36. The molecule has 2 aliphatic heterocycles. The molecule has 0 saturated carbocycles. The van der Waals surface area contributed by atoms with Crippen LogP contribution in [0.15, 0.2) is 28.9 Å². The number of nitrogens with zero attached hydrogens (tertiary/aromatic N) is 3. The van der Waals surface area contributed by atoms with Crippen molar-refractivity contribution < 1.29 is 18.4 Å². The predicted molar refractivity (Wildman–Crippen MR) is 98.8 cm³/mol. The van der Waals surface area contributed by atoms with E-state index < -0.39 is 5.82 Å². The smallest absolute Gasteiger partial charge is 0.255 e. The number of likely N-dealkylation sites (tertiary alicyclic amines) is 2. The minimum Gasteiger partial charge on any atom is -0.463 e. The number of fused-ring (bicyclic) bond motifs is 1. The van der Waals surface area contributed by atoms with Gasteiger partial charge in [0.05, 0.1) is 18.2 Å². The molecule has 2 atom stereocenters. The molecule has 0 aliphatic carbocycles. The largest absolute Gasteiger partial charge is 0.463 e. The number of hydrogen-bond donors (Lipinski definition) is 1. The number of nitriles is 1. The number of nitrogens with one attached hydrogen (secondary N) is 1. The van der Waals surface area contributed by atoms with Crippen molar-refractivity contribution in [2.45, 2.75) is 31.3 Å². The normalized spacial score (nSPS) is 22.5. The van der Waals surface area contributed by atoms with Crippen molar-refractivity contribution in [1.29, 1.82) is 5.26 Å². The van der Waals surface area contributed by atoms with Crippen LogP contribution in [0.2, 0.25) is 0 Å². The molecule has 0 radical (unpaired) electrons. The van der Waals surface area contributed by atoms with Crippen LogP contribution in [-0.4, -0.2) is 59.9 Å². The molecule has 2 fully saturated rings. The van der Waals surface area contributed by atoms with Gasteiger partial charge in [-0.1, -0.05) is 0 Å². The molecule has 146 valence electrons. The number of amides is 2. The van der Waals surface area contributed by atoms with E-state index in [1.54, 1.807) is 4.90 Å². The summed E-state index contributed by atoms with van der Waals surface area (Å²) >= 11 is 0. The van der Waals surface area contributed by atoms with Crippen LogP contribution in [0.25, 0.3) is 11.0 Å². The molecular formula is C20H21FN4O3. The number of rotatable bonds is 4. The van der Waals surface area contributed by atoms with Gasteiger partial charge in [-0.15, -0.1) is 0 Å². The van der Waals surface area contributed by atoms with Crippen LogP contribution >= 0.6 is 0 Å². The maximum Gasteiger partial charge on any atom is 0.255 e. The Morgan fingerprint density at radius 2 is 2.18 bits per heavy atom. The van der Waals surface area contributed by atoms with Gasteiger partial charge in [-0.25, -0.2) is 4.39 Å². The number of furan rings is 1. The Bertz CT molecular complexity index is 951. The van der Waals surface area contributed by atoms with E-state index in [4.69, 9.17) is 9.68 Å². The Labute approximate surface area is 161 Å². The maximum atomic E-state index is 13.3. The van der Waals surface area contributed by atoms with Gasteiger partial charge in [0.2, 0.25) is 5.91 Å². The second-order valence-corrected chi connectivity index (χ2v) is 7.36. The van der Waals surface area contributed by atoms with E-state index in [1.807, 2.05) is 4.90 Å². The molecule has 1 aromatic heterocycles. The van der Waals surface area contributed by atoms with Crippen LogP contribution < -0.4 is 5.32 Å². The Balaban J connectivity index is 1.33. The van der Waals surface area contributed by atoms with Gasteiger partial charge in [-0.05, 0) is 31.4 Å². The minimum absolute atomic E-state index is 0.0288. The molecule has 1 aromatic carbocycles. The Morgan fingerprint density at radius 3 is 3.00 bits per heavy atom. The SMILES string of the molecule is N#CC1CCCN1C(=O)CN1CCC(NC(=O)c2coc3cc(F)ccc23)C1. The highest BCUT2D eigenvalue weighted by atomic mass is 19.1. The zero-order valence-corrected chi connectivity index (χ0v) is 15.4. The van der Waals surface area contributed by atoms with Crippen molar-refractivity contribution in [2.75, 3.05) is 26.2 Å². The van der Waals surface area contributed by atoms with Crippen LogP contribution in [0.4, 0.5) is 4.39 Å². The van der Waals surface area contributed by atoms with E-state index >= 15 is 0 Å². The summed E-state index contributed by atoms with van der Waals surface area (Å²) < 4.78 is 18.5. The standard InChI is InChI=1S/C20H21FN4O3/c21-13-3-4-16-17(12-28-18(16)8-13)20(27)23-14-5-7-24(10-14)11-19(26)25-6-1-2-15(25)9-22/h3-4,8,12,14-15H,1-2,5-7,10-11H2,(H,23,27). The monoisotopic (exact) mass is 384 g/mol. The van der Waals surface area contributed by atoms with Crippen molar-refractivity contribution in [3.05, 3.63) is 35.8 Å². The average Bonchev–Trinajstić information content (AvgIpc) is 3.40. The summed E-state index contributed by atoms with van der Waals surface area (Å²) in [5.41, 5.74) is 0.708. The summed E-state index contributed by atoms with van der Waals surface area (Å²) in [6.07, 6.45) is 3.69. The highest BCUT2D eigenvalue weighted by Crippen LogP contribution is 2.23. The van der Waals surface area contributed by atoms with E-state index in [0.29, 0.717) is 36.2 Å². The quantitative estimate of drug-likeness (QED) is 0.870. The molecule has 28 heavy (non-hydrogen) atoms. The molecule has 1 N–H and O–H groups in total. The minimum atomic E-state index is -0.415. The molecule has 0 bridgehead atoms. The highest BCUT2D eigenvalue weighted by Gasteiger charge is 2.32. The second kappa shape index (κ2) is 7.60. The number of benzene rings is 1. The van der Waals surface area contributed by atoms with Gasteiger partial charge in [0.1, 0.15) is 23.7 Å². The molecular weight excluding hydrogens is 363 g/mol. The number of carbonyl (C=O) groups is 2. The number of halogens is 1. The first-order chi connectivity index (χ1) is 13.5. The van der Waals surface area contributed by atoms with Gasteiger partial charge in [0.15, 0.2) is 0 Å². The highest BCUT2D eigenvalue weighted by molar-refractivity contribution is 6.06. The van der Waals surface area contributed by atoms with Crippen LogP contribution in [0.3, 0.4) is 0 Å². The van der Waals surface area contributed by atoms with Gasteiger partial charge >= 0.3 is 0 Å². The third-order valence-corrected chi connectivity index (χ3v) is 5.47. The molecule has 2 aliphatic rings. The van der Waals surface area contributed by atoms with Gasteiger partial charge in [0.25, 0.3) is 5.91 Å². The van der Waals surface area contributed by atoms with Crippen molar-refractivity contribution >= 4 is 22.8 Å². The first-order valence-corrected chi connectivity index (χ1v) is 9.44. The van der Waals surface area contributed by atoms with E-state index in [2.05, 4.69) is 11.4 Å². The molecule has 8 heteroatoms. The fraction of sp³-hybridized carbons (Fsp3) is 0.450. The molecule has 7 nitrogen and oxygen atoms in total. The molecule has 4 rings (SSSR count). The number of hydrogen-bond acceptors (Lipinski definition) is 5. The summed E-state index contributed by atoms with van der Waals surface area (Å²) in [6, 6.07) is 5.88. The molecule has 3 heterocycles. The molecule has 2 unspecified atom stereocenters.